The Hall–Kier alpha value is -1.81. The Kier molecular flexibility index (Phi) is 2.65. The lowest BCUT2D eigenvalue weighted by Gasteiger charge is -2.51. The summed E-state index contributed by atoms with van der Waals surface area (Å²) >= 11 is 0. The Morgan fingerprint density at radius 1 is 1.14 bits per heavy atom. The summed E-state index contributed by atoms with van der Waals surface area (Å²) < 4.78 is 0. The van der Waals surface area contributed by atoms with Crippen LogP contribution in [-0.2, 0) is 11.2 Å². The predicted octanol–water partition coefficient (Wildman–Crippen LogP) is 2.46. The molecule has 1 N–H and O–H groups in total. The smallest absolute Gasteiger partial charge is 0.237 e. The minimum Gasteiger partial charge on any atom is -0.356 e. The number of aromatic amines is 1. The average molecular weight is 295 g/mol. The highest BCUT2D eigenvalue weighted by Crippen LogP contribution is 2.42. The van der Waals surface area contributed by atoms with Crippen LogP contribution < -0.4 is 0 Å². The molecule has 2 atom stereocenters. The number of amides is 1. The van der Waals surface area contributed by atoms with Crippen molar-refractivity contribution < 1.29 is 4.79 Å². The summed E-state index contributed by atoms with van der Waals surface area (Å²) in [5.41, 5.74) is 3.96. The van der Waals surface area contributed by atoms with Gasteiger partial charge in [-0.25, -0.2) is 0 Å². The number of rotatable bonds is 0. The minimum absolute atomic E-state index is 0.234. The molecule has 1 amide bonds. The summed E-state index contributed by atoms with van der Waals surface area (Å²) in [4.78, 5) is 20.8. The van der Waals surface area contributed by atoms with Crippen molar-refractivity contribution >= 4 is 16.8 Å². The molecule has 0 aliphatic carbocycles. The Morgan fingerprint density at radius 2 is 2.05 bits per heavy atom. The molecule has 114 valence electrons. The van der Waals surface area contributed by atoms with Crippen molar-refractivity contribution in [2.75, 3.05) is 19.6 Å². The third-order valence-electron chi connectivity index (χ3n) is 5.77. The van der Waals surface area contributed by atoms with Crippen LogP contribution in [0.4, 0.5) is 0 Å². The Morgan fingerprint density at radius 3 is 3.00 bits per heavy atom. The molecule has 2 fully saturated rings. The number of carbonyl (C=O) groups is 1. The topological polar surface area (TPSA) is 39.3 Å². The lowest BCUT2D eigenvalue weighted by atomic mass is 9.85. The summed E-state index contributed by atoms with van der Waals surface area (Å²) in [6, 6.07) is 9.30. The molecular weight excluding hydrogens is 274 g/mol. The zero-order valence-electron chi connectivity index (χ0n) is 12.7. The molecule has 0 bridgehead atoms. The molecule has 0 spiro atoms. The van der Waals surface area contributed by atoms with Crippen molar-refractivity contribution in [2.24, 2.45) is 0 Å². The van der Waals surface area contributed by atoms with Gasteiger partial charge in [0.2, 0.25) is 5.91 Å². The fourth-order valence-corrected chi connectivity index (χ4v) is 4.78. The van der Waals surface area contributed by atoms with Crippen LogP contribution in [0.25, 0.3) is 10.9 Å². The van der Waals surface area contributed by atoms with Crippen LogP contribution in [0.3, 0.4) is 0 Å². The lowest BCUT2D eigenvalue weighted by Crippen LogP contribution is -2.60. The molecule has 0 saturated carbocycles. The molecular formula is C18H21N3O. The number of fused-ring (bicyclic) bond motifs is 7. The molecule has 5 rings (SSSR count). The Balaban J connectivity index is 1.67. The standard InChI is InChI=1S/C18H21N3O/c22-16-11-20-9-4-3-7-15(20)18-17-13(8-10-21(16)18)12-5-1-2-6-14(12)19-17/h1-2,5-6,15,18-19H,3-4,7-11H2/t15-,18-/m1/s1. The van der Waals surface area contributed by atoms with E-state index < -0.39 is 0 Å². The second-order valence-corrected chi connectivity index (χ2v) is 6.88. The molecule has 0 unspecified atom stereocenters. The number of piperidine rings is 1. The maximum absolute atomic E-state index is 12.6. The van der Waals surface area contributed by atoms with Crippen LogP contribution in [0.15, 0.2) is 24.3 Å². The molecule has 3 aliphatic rings. The second kappa shape index (κ2) is 4.59. The number of hydrogen-bond donors (Lipinski definition) is 1. The van der Waals surface area contributed by atoms with E-state index in [4.69, 9.17) is 0 Å². The van der Waals surface area contributed by atoms with Gasteiger partial charge in [0, 0.05) is 29.2 Å². The van der Waals surface area contributed by atoms with E-state index in [2.05, 4.69) is 39.0 Å². The third kappa shape index (κ3) is 1.64. The number of aromatic nitrogens is 1. The van der Waals surface area contributed by atoms with Gasteiger partial charge in [0.1, 0.15) is 0 Å². The highest BCUT2D eigenvalue weighted by atomic mass is 16.2. The van der Waals surface area contributed by atoms with Crippen LogP contribution in [0.2, 0.25) is 0 Å². The summed E-state index contributed by atoms with van der Waals surface area (Å²) in [5, 5.41) is 1.34. The second-order valence-electron chi connectivity index (χ2n) is 6.88. The van der Waals surface area contributed by atoms with E-state index in [1.54, 1.807) is 0 Å². The van der Waals surface area contributed by atoms with Gasteiger partial charge in [0.05, 0.1) is 12.6 Å². The summed E-state index contributed by atoms with van der Waals surface area (Å²) in [7, 11) is 0. The minimum atomic E-state index is 0.234. The van der Waals surface area contributed by atoms with Crippen LogP contribution in [0, 0.1) is 0 Å². The molecule has 2 saturated heterocycles. The molecule has 1 aromatic carbocycles. The summed E-state index contributed by atoms with van der Waals surface area (Å²) in [6.07, 6.45) is 4.71. The first kappa shape index (κ1) is 12.7. The number of benzene rings is 1. The van der Waals surface area contributed by atoms with E-state index in [1.807, 2.05) is 0 Å². The van der Waals surface area contributed by atoms with E-state index in [0.29, 0.717) is 18.5 Å². The summed E-state index contributed by atoms with van der Waals surface area (Å²) in [6.45, 7) is 2.58. The van der Waals surface area contributed by atoms with Crippen molar-refractivity contribution in [3.63, 3.8) is 0 Å². The number of carbonyl (C=O) groups excluding carboxylic acids is 1. The lowest BCUT2D eigenvalue weighted by molar-refractivity contribution is -0.146. The third-order valence-corrected chi connectivity index (χ3v) is 5.77. The molecule has 22 heavy (non-hydrogen) atoms. The Bertz CT molecular complexity index is 750. The normalized spacial score (nSPS) is 28.4. The molecule has 4 nitrogen and oxygen atoms in total. The van der Waals surface area contributed by atoms with Crippen molar-refractivity contribution in [1.29, 1.82) is 0 Å². The highest BCUT2D eigenvalue weighted by molar-refractivity contribution is 5.87. The number of hydrogen-bond acceptors (Lipinski definition) is 2. The quantitative estimate of drug-likeness (QED) is 0.811. The Labute approximate surface area is 130 Å². The van der Waals surface area contributed by atoms with E-state index in [0.717, 1.165) is 19.5 Å². The van der Waals surface area contributed by atoms with Crippen LogP contribution in [0.1, 0.15) is 36.6 Å². The first-order chi connectivity index (χ1) is 10.8. The molecule has 0 radical (unpaired) electrons. The fourth-order valence-electron chi connectivity index (χ4n) is 4.78. The maximum atomic E-state index is 12.6. The summed E-state index contributed by atoms with van der Waals surface area (Å²) in [5.74, 6) is 0.312. The van der Waals surface area contributed by atoms with Gasteiger partial charge in [0.15, 0.2) is 0 Å². The van der Waals surface area contributed by atoms with E-state index in [9.17, 15) is 4.79 Å². The van der Waals surface area contributed by atoms with Gasteiger partial charge in [-0.3, -0.25) is 9.69 Å². The van der Waals surface area contributed by atoms with E-state index in [-0.39, 0.29) is 6.04 Å². The van der Waals surface area contributed by atoms with Gasteiger partial charge in [-0.2, -0.15) is 0 Å². The van der Waals surface area contributed by atoms with Crippen molar-refractivity contribution in [2.45, 2.75) is 37.8 Å². The predicted molar refractivity (Wildman–Crippen MR) is 85.7 cm³/mol. The molecule has 3 aliphatic heterocycles. The molecule has 2 aromatic rings. The van der Waals surface area contributed by atoms with E-state index >= 15 is 0 Å². The molecule has 4 heteroatoms. The number of piperazine rings is 1. The average Bonchev–Trinajstić information content (AvgIpc) is 2.93. The number of nitrogens with one attached hydrogen (secondary N) is 1. The molecule has 4 heterocycles. The van der Waals surface area contributed by atoms with Crippen molar-refractivity contribution in [1.82, 2.24) is 14.8 Å². The SMILES string of the molecule is O=C1CN2CCCC[C@@H]2[C@@H]2c3[nH]c4ccccc4c3CCN12. The van der Waals surface area contributed by atoms with Gasteiger partial charge in [-0.15, -0.1) is 0 Å². The molecule has 1 aromatic heterocycles. The number of para-hydroxylation sites is 1. The van der Waals surface area contributed by atoms with Crippen LogP contribution >= 0.6 is 0 Å². The van der Waals surface area contributed by atoms with Gasteiger partial charge >= 0.3 is 0 Å². The fraction of sp³-hybridized carbons (Fsp3) is 0.500. The number of nitrogens with zero attached hydrogens (tertiary/aromatic N) is 2. The van der Waals surface area contributed by atoms with Gasteiger partial charge in [-0.1, -0.05) is 24.6 Å². The largest absolute Gasteiger partial charge is 0.356 e. The highest BCUT2D eigenvalue weighted by Gasteiger charge is 2.45. The van der Waals surface area contributed by atoms with Crippen LogP contribution in [0.5, 0.6) is 0 Å². The first-order valence-electron chi connectivity index (χ1n) is 8.46. The van der Waals surface area contributed by atoms with Gasteiger partial charge in [-0.05, 0) is 37.4 Å². The first-order valence-corrected chi connectivity index (χ1v) is 8.46. The number of H-pyrrole nitrogens is 1. The zero-order chi connectivity index (χ0) is 14.7. The maximum Gasteiger partial charge on any atom is 0.237 e. The van der Waals surface area contributed by atoms with Gasteiger partial charge in [0.25, 0.3) is 0 Å². The van der Waals surface area contributed by atoms with Crippen LogP contribution in [-0.4, -0.2) is 46.4 Å². The monoisotopic (exact) mass is 295 g/mol. The van der Waals surface area contributed by atoms with Crippen molar-refractivity contribution in [3.8, 4) is 0 Å². The van der Waals surface area contributed by atoms with Gasteiger partial charge < -0.3 is 9.88 Å². The van der Waals surface area contributed by atoms with Crippen molar-refractivity contribution in [3.05, 3.63) is 35.5 Å². The van der Waals surface area contributed by atoms with E-state index in [1.165, 1.54) is 41.4 Å². The zero-order valence-corrected chi connectivity index (χ0v) is 12.7.